The Labute approximate surface area is 217 Å². The number of ether oxygens (including phenoxy) is 2. The molecule has 7 atom stereocenters. The summed E-state index contributed by atoms with van der Waals surface area (Å²) < 4.78 is 13.2. The van der Waals surface area contributed by atoms with Gasteiger partial charge in [-0.3, -0.25) is 14.5 Å². The molecule has 1 saturated heterocycles. The number of fused-ring (bicyclic) bond motifs is 2. The van der Waals surface area contributed by atoms with Gasteiger partial charge in [-0.1, -0.05) is 6.07 Å². The van der Waals surface area contributed by atoms with Crippen molar-refractivity contribution in [3.63, 3.8) is 0 Å². The molecule has 1 aromatic rings. The number of methoxy groups -OCH3 is 1. The van der Waals surface area contributed by atoms with Crippen LogP contribution in [-0.4, -0.2) is 72.4 Å². The number of rotatable bonds is 8. The van der Waals surface area contributed by atoms with Crippen molar-refractivity contribution in [1.29, 1.82) is 0 Å². The lowest BCUT2D eigenvalue weighted by Crippen LogP contribution is -2.81. The quantitative estimate of drug-likeness (QED) is 0.408. The molecule has 5 aliphatic carbocycles. The summed E-state index contributed by atoms with van der Waals surface area (Å²) in [4.78, 5) is 26.8. The molecule has 37 heavy (non-hydrogen) atoms. The molecule has 3 unspecified atom stereocenters. The molecular weight excluding hydrogens is 472 g/mol. The number of nitrogens with zero attached hydrogens (tertiary/aromatic N) is 1. The van der Waals surface area contributed by atoms with E-state index in [1.54, 1.807) is 13.2 Å². The summed E-state index contributed by atoms with van der Waals surface area (Å²) in [6.07, 6.45) is 7.04. The summed E-state index contributed by atoms with van der Waals surface area (Å²) in [5.74, 6) is 0.739. The van der Waals surface area contributed by atoms with Crippen molar-refractivity contribution < 1.29 is 24.2 Å². The van der Waals surface area contributed by atoms with Gasteiger partial charge in [0.15, 0.2) is 11.5 Å². The second kappa shape index (κ2) is 7.83. The first-order valence-corrected chi connectivity index (χ1v) is 13.9. The highest BCUT2D eigenvalue weighted by Crippen LogP contribution is 2.76. The first-order chi connectivity index (χ1) is 17.8. The molecule has 200 valence electrons. The van der Waals surface area contributed by atoms with Crippen molar-refractivity contribution in [2.45, 2.75) is 80.6 Å². The lowest BCUT2D eigenvalue weighted by atomic mass is 9.35. The molecule has 9 heteroatoms. The van der Waals surface area contributed by atoms with Crippen LogP contribution >= 0.6 is 0 Å². The van der Waals surface area contributed by atoms with Gasteiger partial charge in [-0.15, -0.1) is 0 Å². The van der Waals surface area contributed by atoms with Gasteiger partial charge in [-0.05, 0) is 69.0 Å². The van der Waals surface area contributed by atoms with E-state index in [2.05, 4.69) is 16.3 Å². The van der Waals surface area contributed by atoms with Gasteiger partial charge in [-0.2, -0.15) is 0 Å². The molecule has 8 rings (SSSR count). The molecule has 4 bridgehead atoms. The lowest BCUT2D eigenvalue weighted by Gasteiger charge is -2.74. The van der Waals surface area contributed by atoms with E-state index in [1.807, 2.05) is 0 Å². The largest absolute Gasteiger partial charge is 0.504 e. The molecule has 5 fully saturated rings. The van der Waals surface area contributed by atoms with Crippen LogP contribution in [0.5, 0.6) is 11.5 Å². The lowest BCUT2D eigenvalue weighted by molar-refractivity contribution is -0.276. The maximum Gasteiger partial charge on any atom is 0.237 e. The molecular formula is C28H38N4O5. The average Bonchev–Trinajstić information content (AvgIpc) is 3.62. The van der Waals surface area contributed by atoms with Gasteiger partial charge in [0.2, 0.25) is 11.8 Å². The molecule has 9 nitrogen and oxygen atoms in total. The minimum atomic E-state index is -0.962. The minimum absolute atomic E-state index is 0.0120. The minimum Gasteiger partial charge on any atom is -0.504 e. The second-order valence-corrected chi connectivity index (χ2v) is 12.6. The van der Waals surface area contributed by atoms with E-state index in [1.165, 1.54) is 24.0 Å². The first-order valence-electron chi connectivity index (χ1n) is 13.9. The number of likely N-dealkylation sites (tertiary alicyclic amines) is 1. The highest BCUT2D eigenvalue weighted by atomic mass is 16.6. The Morgan fingerprint density at radius 1 is 1.30 bits per heavy atom. The Kier molecular flexibility index (Phi) is 5.02. The SMILES string of the molecule is COC12CC[C@@]3(CC1CNC(=O)[C@@H](N)CC(N)=O)[C@H]1Cc4ccc(O)c5c4[C@@]3(CCN1CC1CC1)C2O5. The number of piperidine rings is 1. The van der Waals surface area contributed by atoms with Crippen molar-refractivity contribution in [2.24, 2.45) is 28.7 Å². The number of phenols is 1. The molecule has 6 N–H and O–H groups in total. The maximum atomic E-state index is 12.7. The number of aromatic hydroxyl groups is 1. The van der Waals surface area contributed by atoms with Crippen molar-refractivity contribution in [3.05, 3.63) is 23.3 Å². The fourth-order valence-electron chi connectivity index (χ4n) is 9.45. The molecule has 2 spiro atoms. The Hall–Kier alpha value is -2.36. The molecule has 4 saturated carbocycles. The summed E-state index contributed by atoms with van der Waals surface area (Å²) >= 11 is 0. The number of hydrogen-bond acceptors (Lipinski definition) is 7. The van der Waals surface area contributed by atoms with E-state index in [-0.39, 0.29) is 40.9 Å². The highest BCUT2D eigenvalue weighted by Gasteiger charge is 2.80. The maximum absolute atomic E-state index is 12.7. The zero-order valence-electron chi connectivity index (χ0n) is 21.5. The van der Waals surface area contributed by atoms with E-state index < -0.39 is 17.6 Å². The van der Waals surface area contributed by atoms with E-state index >= 15 is 0 Å². The fourth-order valence-corrected chi connectivity index (χ4v) is 9.45. The predicted molar refractivity (Wildman–Crippen MR) is 135 cm³/mol. The van der Waals surface area contributed by atoms with E-state index in [0.717, 1.165) is 51.1 Å². The number of phenolic OH excluding ortho intramolecular Hbond substituents is 1. The molecule has 7 aliphatic rings. The van der Waals surface area contributed by atoms with Gasteiger partial charge in [0.1, 0.15) is 11.7 Å². The molecule has 1 aromatic carbocycles. The van der Waals surface area contributed by atoms with Gasteiger partial charge in [0.05, 0.1) is 12.5 Å². The van der Waals surface area contributed by atoms with Crippen LogP contribution in [-0.2, 0) is 26.2 Å². The number of amides is 2. The van der Waals surface area contributed by atoms with Crippen LogP contribution in [0.4, 0.5) is 0 Å². The van der Waals surface area contributed by atoms with Crippen molar-refractivity contribution in [1.82, 2.24) is 10.2 Å². The normalized spacial score (nSPS) is 39.6. The molecule has 0 aromatic heterocycles. The fraction of sp³-hybridized carbons (Fsp3) is 0.714. The summed E-state index contributed by atoms with van der Waals surface area (Å²) in [6, 6.07) is 3.35. The number of hydrogen-bond donors (Lipinski definition) is 4. The van der Waals surface area contributed by atoms with E-state index in [4.69, 9.17) is 20.9 Å². The zero-order chi connectivity index (χ0) is 25.7. The van der Waals surface area contributed by atoms with E-state index in [0.29, 0.717) is 18.3 Å². The smallest absolute Gasteiger partial charge is 0.237 e. The molecule has 2 aliphatic heterocycles. The first kappa shape index (κ1) is 23.7. The average molecular weight is 511 g/mol. The summed E-state index contributed by atoms with van der Waals surface area (Å²) in [7, 11) is 1.76. The topological polar surface area (TPSA) is 140 Å². The standard InChI is InChI=1S/C28H38N4O5/c1-36-28-7-6-26(12-17(28)13-31-24(35)18(29)11-21(30)34)20-10-16-4-5-19(33)23-22(16)27(26,25(28)37-23)8-9-32(20)14-15-2-3-15/h4-5,15,17-18,20,25,33H,2-3,6-14,29H2,1H3,(H2,30,34)(H,31,35)/t17?,18-,20+,25?,26+,27-,28?/m0/s1. The summed E-state index contributed by atoms with van der Waals surface area (Å²) in [6.45, 7) is 2.61. The van der Waals surface area contributed by atoms with E-state index in [9.17, 15) is 14.7 Å². The van der Waals surface area contributed by atoms with Gasteiger partial charge in [0, 0.05) is 48.6 Å². The number of carbonyl (C=O) groups excluding carboxylic acids is 2. The van der Waals surface area contributed by atoms with Gasteiger partial charge < -0.3 is 31.4 Å². The molecule has 2 heterocycles. The van der Waals surface area contributed by atoms with Crippen LogP contribution in [0, 0.1) is 17.3 Å². The van der Waals surface area contributed by atoms with Crippen LogP contribution in [0.15, 0.2) is 12.1 Å². The van der Waals surface area contributed by atoms with Crippen molar-refractivity contribution in [3.8, 4) is 11.5 Å². The number of primary amides is 1. The number of nitrogens with two attached hydrogens (primary N) is 2. The predicted octanol–water partition coefficient (Wildman–Crippen LogP) is 0.936. The Morgan fingerprint density at radius 3 is 2.84 bits per heavy atom. The van der Waals surface area contributed by atoms with Crippen molar-refractivity contribution in [2.75, 3.05) is 26.7 Å². The Balaban J connectivity index is 1.29. The number of benzene rings is 1. The van der Waals surface area contributed by atoms with Gasteiger partial charge in [0.25, 0.3) is 0 Å². The Bertz CT molecular complexity index is 1170. The third-order valence-electron chi connectivity index (χ3n) is 11.1. The monoisotopic (exact) mass is 510 g/mol. The third kappa shape index (κ3) is 2.96. The zero-order valence-corrected chi connectivity index (χ0v) is 21.5. The van der Waals surface area contributed by atoms with Gasteiger partial charge in [-0.25, -0.2) is 0 Å². The van der Waals surface area contributed by atoms with Crippen LogP contribution in [0.1, 0.15) is 56.1 Å². The Morgan fingerprint density at radius 2 is 2.11 bits per heavy atom. The third-order valence-corrected chi connectivity index (χ3v) is 11.1. The van der Waals surface area contributed by atoms with Crippen LogP contribution in [0.25, 0.3) is 0 Å². The summed E-state index contributed by atoms with van der Waals surface area (Å²) in [5, 5.41) is 13.9. The number of nitrogens with one attached hydrogen (secondary N) is 1. The van der Waals surface area contributed by atoms with Crippen LogP contribution < -0.4 is 21.5 Å². The van der Waals surface area contributed by atoms with Gasteiger partial charge >= 0.3 is 0 Å². The summed E-state index contributed by atoms with van der Waals surface area (Å²) in [5.41, 5.74) is 12.9. The van der Waals surface area contributed by atoms with Crippen LogP contribution in [0.3, 0.4) is 0 Å². The highest BCUT2D eigenvalue weighted by molar-refractivity contribution is 5.87. The van der Waals surface area contributed by atoms with Crippen LogP contribution in [0.2, 0.25) is 0 Å². The molecule has 0 radical (unpaired) electrons. The number of carbonyl (C=O) groups is 2. The second-order valence-electron chi connectivity index (χ2n) is 12.6. The van der Waals surface area contributed by atoms with Crippen molar-refractivity contribution >= 4 is 11.8 Å². The molecule has 2 amide bonds.